The molecule has 0 rings (SSSR count). The minimum absolute atomic E-state index is 0. The summed E-state index contributed by atoms with van der Waals surface area (Å²) in [6.07, 6.45) is -1.27. The summed E-state index contributed by atoms with van der Waals surface area (Å²) in [7, 11) is -4.88. The number of hydrogen-bond donors (Lipinski definition) is 2. The second kappa shape index (κ2) is 5.55. The summed E-state index contributed by atoms with van der Waals surface area (Å²) in [6.45, 7) is 0. The van der Waals surface area contributed by atoms with Crippen molar-refractivity contribution in [2.75, 3.05) is 0 Å². The van der Waals surface area contributed by atoms with Crippen molar-refractivity contribution in [3.05, 3.63) is 0 Å². The van der Waals surface area contributed by atoms with Gasteiger partial charge in [0.1, 0.15) is 0 Å². The molecule has 13 heavy (non-hydrogen) atoms. The maximum Gasteiger partial charge on any atom is 1.00 e. The third-order valence-electron chi connectivity index (χ3n) is 0.987. The monoisotopic (exact) mass is 220 g/mol. The van der Waals surface area contributed by atoms with Gasteiger partial charge < -0.3 is 15.0 Å². The Kier molecular flexibility index (Phi) is 6.55. The molecule has 0 spiro atoms. The maximum absolute atomic E-state index is 10.2. The van der Waals surface area contributed by atoms with Gasteiger partial charge in [0.25, 0.3) is 10.1 Å². The van der Waals surface area contributed by atoms with Crippen molar-refractivity contribution >= 4 is 22.1 Å². The Bertz CT molecular complexity index is 294. The summed E-state index contributed by atoms with van der Waals surface area (Å²) in [5.74, 6) is -3.79. The van der Waals surface area contributed by atoms with E-state index in [0.717, 1.165) is 0 Å². The third kappa shape index (κ3) is 5.99. The Morgan fingerprint density at radius 2 is 1.77 bits per heavy atom. The number of hydrogen-bond acceptors (Lipinski definition) is 5. The van der Waals surface area contributed by atoms with E-state index in [0.29, 0.717) is 0 Å². The third-order valence-corrected chi connectivity index (χ3v) is 2.07. The summed E-state index contributed by atoms with van der Waals surface area (Å²) < 4.78 is 28.6. The van der Waals surface area contributed by atoms with E-state index in [4.69, 9.17) is 9.66 Å². The van der Waals surface area contributed by atoms with Crippen molar-refractivity contribution in [3.8, 4) is 0 Å². The fourth-order valence-corrected chi connectivity index (χ4v) is 1.07. The molecule has 70 valence electrons. The van der Waals surface area contributed by atoms with Gasteiger partial charge in [0.15, 0.2) is 5.25 Å². The normalized spacial score (nSPS) is 12.7. The molecular formula is C4H5NaO7S. The van der Waals surface area contributed by atoms with Crippen molar-refractivity contribution in [2.24, 2.45) is 0 Å². The predicted octanol–water partition coefficient (Wildman–Crippen LogP) is -5.53. The van der Waals surface area contributed by atoms with Crippen LogP contribution in [0.4, 0.5) is 0 Å². The quantitative estimate of drug-likeness (QED) is 0.356. The van der Waals surface area contributed by atoms with E-state index in [-0.39, 0.29) is 29.6 Å². The smallest absolute Gasteiger partial charge is 0.550 e. The Labute approximate surface area is 95.8 Å². The van der Waals surface area contributed by atoms with E-state index in [1.54, 1.807) is 0 Å². The van der Waals surface area contributed by atoms with Crippen LogP contribution < -0.4 is 34.7 Å². The van der Waals surface area contributed by atoms with Gasteiger partial charge in [0.2, 0.25) is 0 Å². The second-order valence-corrected chi connectivity index (χ2v) is 3.52. The van der Waals surface area contributed by atoms with Crippen molar-refractivity contribution in [1.29, 1.82) is 0 Å². The molecule has 0 radical (unpaired) electrons. The van der Waals surface area contributed by atoms with Crippen LogP contribution in [0.15, 0.2) is 0 Å². The van der Waals surface area contributed by atoms with Gasteiger partial charge in [-0.1, -0.05) is 0 Å². The summed E-state index contributed by atoms with van der Waals surface area (Å²) in [5, 5.41) is 15.6. The molecule has 0 amide bonds. The van der Waals surface area contributed by atoms with E-state index in [1.807, 2.05) is 0 Å². The minimum atomic E-state index is -4.88. The number of carbonyl (C=O) groups is 2. The molecule has 0 saturated carbocycles. The predicted molar refractivity (Wildman–Crippen MR) is 32.6 cm³/mol. The molecule has 2 N–H and O–H groups in total. The molecule has 7 nitrogen and oxygen atoms in total. The first-order valence-corrected chi connectivity index (χ1v) is 4.14. The Hall–Kier alpha value is -0.150. The van der Waals surface area contributed by atoms with Crippen LogP contribution in [0.3, 0.4) is 0 Å². The topological polar surface area (TPSA) is 132 Å². The first kappa shape index (κ1) is 15.3. The van der Waals surface area contributed by atoms with Gasteiger partial charge in [-0.05, 0) is 0 Å². The van der Waals surface area contributed by atoms with Crippen molar-refractivity contribution in [2.45, 2.75) is 11.7 Å². The van der Waals surface area contributed by atoms with Crippen LogP contribution >= 0.6 is 0 Å². The van der Waals surface area contributed by atoms with E-state index in [9.17, 15) is 23.1 Å². The fraction of sp³-hybridized carbons (Fsp3) is 0.500. The standard InChI is InChI=1S/C4H6O7S.Na/c5-3(6)1-2(4(7)8)12(9,10)11;/h2H,1H2,(H,5,6)(H,7,8)(H,9,10,11);/q;+1/p-1. The number of carboxylic acid groups (broad SMARTS) is 2. The van der Waals surface area contributed by atoms with Crippen molar-refractivity contribution in [3.63, 3.8) is 0 Å². The minimum Gasteiger partial charge on any atom is -0.550 e. The Morgan fingerprint density at radius 3 is 1.85 bits per heavy atom. The van der Waals surface area contributed by atoms with Gasteiger partial charge in [-0.25, -0.2) is 0 Å². The molecule has 9 heteroatoms. The first-order valence-electron chi connectivity index (χ1n) is 2.64. The summed E-state index contributed by atoms with van der Waals surface area (Å²) in [6, 6.07) is 0. The Morgan fingerprint density at radius 1 is 1.38 bits per heavy atom. The molecule has 0 aliphatic carbocycles. The molecule has 0 aromatic carbocycles. The number of carbonyl (C=O) groups excluding carboxylic acids is 1. The number of carboxylic acids is 2. The summed E-state index contributed by atoms with van der Waals surface area (Å²) >= 11 is 0. The van der Waals surface area contributed by atoms with Gasteiger partial charge in [-0.15, -0.1) is 0 Å². The van der Waals surface area contributed by atoms with E-state index < -0.39 is 33.7 Å². The zero-order valence-electron chi connectivity index (χ0n) is 6.63. The molecule has 0 aromatic rings. The van der Waals surface area contributed by atoms with Gasteiger partial charge in [0.05, 0.1) is 0 Å². The number of rotatable bonds is 4. The van der Waals surface area contributed by atoms with E-state index in [2.05, 4.69) is 0 Å². The largest absolute Gasteiger partial charge is 1.00 e. The van der Waals surface area contributed by atoms with Gasteiger partial charge >= 0.3 is 35.5 Å². The van der Waals surface area contributed by atoms with Crippen LogP contribution in [0.5, 0.6) is 0 Å². The van der Waals surface area contributed by atoms with Crippen LogP contribution in [0.1, 0.15) is 6.42 Å². The molecule has 0 bridgehead atoms. The van der Waals surface area contributed by atoms with E-state index >= 15 is 0 Å². The molecule has 0 aliphatic heterocycles. The molecule has 0 aromatic heterocycles. The zero-order chi connectivity index (χ0) is 9.94. The van der Waals surface area contributed by atoms with Crippen molar-refractivity contribution in [1.82, 2.24) is 0 Å². The van der Waals surface area contributed by atoms with Gasteiger partial charge in [-0.3, -0.25) is 9.35 Å². The average Bonchev–Trinajstić information content (AvgIpc) is 1.79. The second-order valence-electron chi connectivity index (χ2n) is 1.92. The van der Waals surface area contributed by atoms with Gasteiger partial charge in [0, 0.05) is 12.4 Å². The number of aliphatic carboxylic acids is 2. The molecule has 1 atom stereocenters. The Balaban J connectivity index is 0. The molecular weight excluding hydrogens is 215 g/mol. The van der Waals surface area contributed by atoms with Crippen LogP contribution in [-0.2, 0) is 19.7 Å². The maximum atomic E-state index is 10.2. The average molecular weight is 220 g/mol. The van der Waals surface area contributed by atoms with Crippen LogP contribution in [0.2, 0.25) is 0 Å². The SMILES string of the molecule is O=C([O-])CC(C(=O)O)S(=O)(=O)O.[Na+]. The first-order chi connectivity index (χ1) is 5.25. The fourth-order valence-electron chi connectivity index (χ4n) is 0.471. The molecule has 0 aliphatic rings. The van der Waals surface area contributed by atoms with Gasteiger partial charge in [-0.2, -0.15) is 8.42 Å². The van der Waals surface area contributed by atoms with Crippen LogP contribution in [0.25, 0.3) is 0 Å². The molecule has 0 saturated heterocycles. The molecule has 0 fully saturated rings. The molecule has 1 unspecified atom stereocenters. The van der Waals surface area contributed by atoms with E-state index in [1.165, 1.54) is 0 Å². The van der Waals surface area contributed by atoms with Crippen LogP contribution in [0, 0.1) is 0 Å². The summed E-state index contributed by atoms with van der Waals surface area (Å²) in [5.41, 5.74) is 0. The zero-order valence-corrected chi connectivity index (χ0v) is 9.44. The van der Waals surface area contributed by atoms with Crippen molar-refractivity contribution < 1.29 is 62.3 Å². The summed E-state index contributed by atoms with van der Waals surface area (Å²) in [4.78, 5) is 19.9. The molecule has 0 heterocycles. The van der Waals surface area contributed by atoms with Crippen LogP contribution in [-0.4, -0.2) is 35.3 Å².